The van der Waals surface area contributed by atoms with Crippen LogP contribution in [0.2, 0.25) is 0 Å². The number of carbonyl (C=O) groups is 1. The van der Waals surface area contributed by atoms with Crippen molar-refractivity contribution in [3.63, 3.8) is 0 Å². The maximum atomic E-state index is 12.3. The Balaban J connectivity index is 1.84. The quantitative estimate of drug-likeness (QED) is 0.895. The smallest absolute Gasteiger partial charge is 0.270 e. The number of imidazole rings is 1. The number of nitrogens with one attached hydrogen (secondary N) is 2. The number of H-pyrrole nitrogens is 1. The molecule has 5 heteroatoms. The molecule has 1 fully saturated rings. The van der Waals surface area contributed by atoms with Crippen LogP contribution in [0, 0.1) is 6.92 Å². The summed E-state index contributed by atoms with van der Waals surface area (Å²) in [5.74, 6) is 1.41. The number of rotatable bonds is 4. The Hall–Kier alpha value is -2.30. The summed E-state index contributed by atoms with van der Waals surface area (Å²) in [6.07, 6.45) is 3.40. The van der Waals surface area contributed by atoms with Gasteiger partial charge in [-0.15, -0.1) is 0 Å². The van der Waals surface area contributed by atoms with E-state index in [-0.39, 0.29) is 11.4 Å². The van der Waals surface area contributed by atoms with Crippen molar-refractivity contribution in [3.8, 4) is 5.75 Å². The zero-order valence-corrected chi connectivity index (χ0v) is 11.6. The fourth-order valence-electron chi connectivity index (χ4n) is 2.45. The summed E-state index contributed by atoms with van der Waals surface area (Å²) in [5.41, 5.74) is 1.22. The normalized spacial score (nSPS) is 15.7. The summed E-state index contributed by atoms with van der Waals surface area (Å²) in [7, 11) is 1.65. The van der Waals surface area contributed by atoms with E-state index >= 15 is 0 Å². The first-order valence-corrected chi connectivity index (χ1v) is 6.62. The molecule has 104 valence electrons. The molecule has 5 nitrogen and oxygen atoms in total. The van der Waals surface area contributed by atoms with E-state index in [2.05, 4.69) is 15.3 Å². The number of methoxy groups -OCH3 is 1. The van der Waals surface area contributed by atoms with E-state index in [0.29, 0.717) is 5.69 Å². The number of para-hydroxylation sites is 1. The standard InChI is InChI=1S/C15H17N3O2/c1-10-16-9-12(17-10)14(19)18-15(7-8-15)11-5-3-4-6-13(11)20-2/h3-6,9H,7-8H2,1-2H3,(H,16,17)(H,18,19). The molecule has 1 aromatic carbocycles. The van der Waals surface area contributed by atoms with Gasteiger partial charge in [-0.05, 0) is 25.8 Å². The summed E-state index contributed by atoms with van der Waals surface area (Å²) in [5, 5.41) is 3.10. The number of aryl methyl sites for hydroxylation is 1. The lowest BCUT2D eigenvalue weighted by Gasteiger charge is -2.20. The number of aromatic amines is 1. The number of carbonyl (C=O) groups excluding carboxylic acids is 1. The molecule has 0 saturated heterocycles. The molecule has 1 saturated carbocycles. The molecule has 1 amide bonds. The lowest BCUT2D eigenvalue weighted by molar-refractivity contribution is 0.0925. The minimum atomic E-state index is -0.303. The third kappa shape index (κ3) is 2.15. The van der Waals surface area contributed by atoms with Crippen LogP contribution in [0.1, 0.15) is 34.7 Å². The highest BCUT2D eigenvalue weighted by Gasteiger charge is 2.47. The van der Waals surface area contributed by atoms with Gasteiger partial charge < -0.3 is 15.0 Å². The molecule has 1 aliphatic carbocycles. The van der Waals surface area contributed by atoms with Crippen LogP contribution in [0.15, 0.2) is 30.5 Å². The van der Waals surface area contributed by atoms with E-state index in [1.54, 1.807) is 13.3 Å². The van der Waals surface area contributed by atoms with Gasteiger partial charge in [-0.1, -0.05) is 18.2 Å². The second kappa shape index (κ2) is 4.67. The number of hydrogen-bond donors (Lipinski definition) is 2. The molecule has 0 unspecified atom stereocenters. The molecule has 1 aliphatic rings. The van der Waals surface area contributed by atoms with Crippen molar-refractivity contribution in [1.29, 1.82) is 0 Å². The van der Waals surface area contributed by atoms with Gasteiger partial charge in [0.2, 0.25) is 0 Å². The van der Waals surface area contributed by atoms with Crippen LogP contribution < -0.4 is 10.1 Å². The molecule has 0 bridgehead atoms. The Bertz CT molecular complexity index is 644. The van der Waals surface area contributed by atoms with Gasteiger partial charge in [0.05, 0.1) is 18.8 Å². The molecule has 2 N–H and O–H groups in total. The largest absolute Gasteiger partial charge is 0.496 e. The van der Waals surface area contributed by atoms with Crippen LogP contribution in [0.4, 0.5) is 0 Å². The van der Waals surface area contributed by atoms with Gasteiger partial charge in [-0.3, -0.25) is 4.79 Å². The lowest BCUT2D eigenvalue weighted by atomic mass is 10.0. The molecule has 0 atom stereocenters. The van der Waals surface area contributed by atoms with Gasteiger partial charge >= 0.3 is 0 Å². The first-order chi connectivity index (χ1) is 9.64. The van der Waals surface area contributed by atoms with Crippen LogP contribution in [0.3, 0.4) is 0 Å². The highest BCUT2D eigenvalue weighted by Crippen LogP contribution is 2.48. The average molecular weight is 271 g/mol. The van der Waals surface area contributed by atoms with Gasteiger partial charge in [0, 0.05) is 5.56 Å². The number of nitrogens with zero attached hydrogens (tertiary/aromatic N) is 1. The van der Waals surface area contributed by atoms with Gasteiger partial charge in [-0.25, -0.2) is 4.98 Å². The first kappa shape index (κ1) is 12.7. The molecule has 0 radical (unpaired) electrons. The van der Waals surface area contributed by atoms with E-state index in [0.717, 1.165) is 30.0 Å². The van der Waals surface area contributed by atoms with Crippen LogP contribution in [-0.4, -0.2) is 23.0 Å². The average Bonchev–Trinajstić information content (AvgIpc) is 3.11. The second-order valence-electron chi connectivity index (χ2n) is 5.12. The van der Waals surface area contributed by atoms with Crippen LogP contribution in [0.5, 0.6) is 5.75 Å². The number of hydrogen-bond acceptors (Lipinski definition) is 3. The Morgan fingerprint density at radius 3 is 2.75 bits per heavy atom. The highest BCUT2D eigenvalue weighted by molar-refractivity contribution is 5.93. The third-order valence-corrected chi connectivity index (χ3v) is 3.67. The van der Waals surface area contributed by atoms with E-state index in [1.165, 1.54) is 0 Å². The molecule has 1 heterocycles. The molecule has 3 rings (SSSR count). The Morgan fingerprint density at radius 2 is 2.15 bits per heavy atom. The maximum Gasteiger partial charge on any atom is 0.270 e. The Labute approximate surface area is 117 Å². The van der Waals surface area contributed by atoms with Gasteiger partial charge in [0.15, 0.2) is 0 Å². The monoisotopic (exact) mass is 271 g/mol. The molecule has 20 heavy (non-hydrogen) atoms. The first-order valence-electron chi connectivity index (χ1n) is 6.62. The predicted octanol–water partition coefficient (Wildman–Crippen LogP) is 2.15. The van der Waals surface area contributed by atoms with E-state index in [4.69, 9.17) is 4.74 Å². The molecule has 2 aromatic rings. The lowest BCUT2D eigenvalue weighted by Crippen LogP contribution is -2.35. The zero-order chi connectivity index (χ0) is 14.2. The summed E-state index contributed by atoms with van der Waals surface area (Å²) >= 11 is 0. The molecule has 1 aromatic heterocycles. The summed E-state index contributed by atoms with van der Waals surface area (Å²) < 4.78 is 5.39. The summed E-state index contributed by atoms with van der Waals surface area (Å²) in [6.45, 7) is 1.82. The van der Waals surface area contributed by atoms with E-state index in [1.807, 2.05) is 31.2 Å². The molecule has 0 spiro atoms. The van der Waals surface area contributed by atoms with E-state index < -0.39 is 0 Å². The third-order valence-electron chi connectivity index (χ3n) is 3.67. The van der Waals surface area contributed by atoms with Crippen molar-refractivity contribution in [3.05, 3.63) is 47.5 Å². The van der Waals surface area contributed by atoms with Crippen molar-refractivity contribution in [2.75, 3.05) is 7.11 Å². The minimum Gasteiger partial charge on any atom is -0.496 e. The number of ether oxygens (including phenoxy) is 1. The molecular weight excluding hydrogens is 254 g/mol. The fourth-order valence-corrected chi connectivity index (χ4v) is 2.45. The zero-order valence-electron chi connectivity index (χ0n) is 11.6. The topological polar surface area (TPSA) is 67.0 Å². The summed E-state index contributed by atoms with van der Waals surface area (Å²) in [4.78, 5) is 19.3. The highest BCUT2D eigenvalue weighted by atomic mass is 16.5. The maximum absolute atomic E-state index is 12.3. The van der Waals surface area contributed by atoms with Crippen molar-refractivity contribution in [2.24, 2.45) is 0 Å². The SMILES string of the molecule is COc1ccccc1C1(NC(=O)c2cnc(C)[nH]2)CC1. The Morgan fingerprint density at radius 1 is 1.40 bits per heavy atom. The van der Waals surface area contributed by atoms with Gasteiger partial charge in [0.25, 0.3) is 5.91 Å². The van der Waals surface area contributed by atoms with E-state index in [9.17, 15) is 4.79 Å². The number of benzene rings is 1. The van der Waals surface area contributed by atoms with Crippen molar-refractivity contribution < 1.29 is 9.53 Å². The molecule has 0 aliphatic heterocycles. The van der Waals surface area contributed by atoms with Crippen LogP contribution in [0.25, 0.3) is 0 Å². The van der Waals surface area contributed by atoms with Crippen molar-refractivity contribution >= 4 is 5.91 Å². The molecular formula is C15H17N3O2. The van der Waals surface area contributed by atoms with Crippen LogP contribution in [-0.2, 0) is 5.54 Å². The van der Waals surface area contributed by atoms with Crippen molar-refractivity contribution in [2.45, 2.75) is 25.3 Å². The fraction of sp³-hybridized carbons (Fsp3) is 0.333. The Kier molecular flexibility index (Phi) is 2.97. The van der Waals surface area contributed by atoms with Crippen molar-refractivity contribution in [1.82, 2.24) is 15.3 Å². The second-order valence-corrected chi connectivity index (χ2v) is 5.12. The summed E-state index contributed by atoms with van der Waals surface area (Å²) in [6, 6.07) is 7.81. The van der Waals surface area contributed by atoms with Gasteiger partial charge in [0.1, 0.15) is 17.3 Å². The number of aromatic nitrogens is 2. The predicted molar refractivity (Wildman–Crippen MR) is 74.7 cm³/mol. The number of amides is 1. The minimum absolute atomic E-state index is 0.131. The van der Waals surface area contributed by atoms with Crippen LogP contribution >= 0.6 is 0 Å². The van der Waals surface area contributed by atoms with Gasteiger partial charge in [-0.2, -0.15) is 0 Å².